The van der Waals surface area contributed by atoms with Crippen LogP contribution in [0.4, 0.5) is 0 Å². The molecule has 4 nitrogen and oxygen atoms in total. The number of fused-ring (bicyclic) bond motifs is 1. The highest BCUT2D eigenvalue weighted by Crippen LogP contribution is 2.43. The van der Waals surface area contributed by atoms with E-state index in [4.69, 9.17) is 0 Å². The standard InChI is InChI=1S/C22H26N2O2/c1-15(22(26)21-8-7-20(25)12-23-21)24-13-18-10-17(11-19(18)14-24)9-16-5-3-2-4-6-16/h2-8,12,15,17-19,25H,9-11,13-14H2,1H3/t15?,17?,18-,19+. The molecule has 2 unspecified atom stereocenters. The maximum atomic E-state index is 12.7. The van der Waals surface area contributed by atoms with Crippen molar-refractivity contribution >= 4 is 5.78 Å². The van der Waals surface area contributed by atoms with E-state index in [1.54, 1.807) is 6.07 Å². The number of carbonyl (C=O) groups excluding carboxylic acids is 1. The minimum absolute atomic E-state index is 0.0470. The highest BCUT2D eigenvalue weighted by atomic mass is 16.3. The fraction of sp³-hybridized carbons (Fsp3) is 0.455. The number of aromatic hydroxyl groups is 1. The van der Waals surface area contributed by atoms with E-state index >= 15 is 0 Å². The fourth-order valence-corrected chi connectivity index (χ4v) is 4.80. The van der Waals surface area contributed by atoms with Gasteiger partial charge in [0, 0.05) is 13.1 Å². The summed E-state index contributed by atoms with van der Waals surface area (Å²) in [7, 11) is 0. The van der Waals surface area contributed by atoms with E-state index in [0.29, 0.717) is 17.5 Å². The minimum atomic E-state index is -0.148. The van der Waals surface area contributed by atoms with Crippen LogP contribution < -0.4 is 0 Å². The van der Waals surface area contributed by atoms with Gasteiger partial charge in [0.05, 0.1) is 12.2 Å². The Kier molecular flexibility index (Phi) is 4.77. The van der Waals surface area contributed by atoms with Crippen LogP contribution in [0.2, 0.25) is 0 Å². The van der Waals surface area contributed by atoms with E-state index in [1.807, 2.05) is 6.92 Å². The molecule has 0 spiro atoms. The zero-order valence-electron chi connectivity index (χ0n) is 15.2. The van der Waals surface area contributed by atoms with E-state index in [1.165, 1.54) is 37.1 Å². The maximum Gasteiger partial charge on any atom is 0.197 e. The van der Waals surface area contributed by atoms with Gasteiger partial charge in [-0.25, -0.2) is 4.98 Å². The van der Waals surface area contributed by atoms with Crippen LogP contribution in [-0.2, 0) is 6.42 Å². The second kappa shape index (κ2) is 7.20. The van der Waals surface area contributed by atoms with Gasteiger partial charge in [0.1, 0.15) is 11.4 Å². The first-order chi connectivity index (χ1) is 12.6. The van der Waals surface area contributed by atoms with Gasteiger partial charge in [-0.2, -0.15) is 0 Å². The molecule has 1 saturated carbocycles. The second-order valence-electron chi connectivity index (χ2n) is 7.94. The molecule has 2 fully saturated rings. The summed E-state index contributed by atoms with van der Waals surface area (Å²) in [6.07, 6.45) is 5.06. The van der Waals surface area contributed by atoms with Gasteiger partial charge >= 0.3 is 0 Å². The van der Waals surface area contributed by atoms with Crippen LogP contribution in [0, 0.1) is 17.8 Å². The predicted molar refractivity (Wildman–Crippen MR) is 101 cm³/mol. The van der Waals surface area contributed by atoms with Crippen molar-refractivity contribution in [3.8, 4) is 5.75 Å². The lowest BCUT2D eigenvalue weighted by Gasteiger charge is -2.24. The van der Waals surface area contributed by atoms with Crippen molar-refractivity contribution < 1.29 is 9.90 Å². The molecule has 0 bridgehead atoms. The summed E-state index contributed by atoms with van der Waals surface area (Å²) in [5.74, 6) is 2.35. The zero-order chi connectivity index (χ0) is 18.1. The van der Waals surface area contributed by atoms with E-state index < -0.39 is 0 Å². The Morgan fingerprint density at radius 1 is 1.15 bits per heavy atom. The van der Waals surface area contributed by atoms with Crippen molar-refractivity contribution in [2.45, 2.75) is 32.2 Å². The molecule has 4 atom stereocenters. The van der Waals surface area contributed by atoms with Crippen LogP contribution >= 0.6 is 0 Å². The summed E-state index contributed by atoms with van der Waals surface area (Å²) in [6, 6.07) is 13.8. The molecule has 1 aliphatic carbocycles. The number of rotatable bonds is 5. The number of nitrogens with zero attached hydrogens (tertiary/aromatic N) is 2. The Morgan fingerprint density at radius 3 is 2.46 bits per heavy atom. The van der Waals surface area contributed by atoms with E-state index in [9.17, 15) is 9.90 Å². The van der Waals surface area contributed by atoms with Gasteiger partial charge in [-0.1, -0.05) is 30.3 Å². The Balaban J connectivity index is 1.34. The molecule has 26 heavy (non-hydrogen) atoms. The van der Waals surface area contributed by atoms with Crippen molar-refractivity contribution in [2.75, 3.05) is 13.1 Å². The molecule has 136 valence electrons. The monoisotopic (exact) mass is 350 g/mol. The Bertz CT molecular complexity index is 745. The van der Waals surface area contributed by atoms with Gasteiger partial charge in [-0.15, -0.1) is 0 Å². The molecule has 1 saturated heterocycles. The average Bonchev–Trinajstić information content (AvgIpc) is 3.20. The second-order valence-corrected chi connectivity index (χ2v) is 7.94. The van der Waals surface area contributed by atoms with Crippen LogP contribution in [0.25, 0.3) is 0 Å². The highest BCUT2D eigenvalue weighted by molar-refractivity contribution is 5.98. The number of benzene rings is 1. The van der Waals surface area contributed by atoms with Crippen LogP contribution in [0.1, 0.15) is 35.8 Å². The number of pyridine rings is 1. The highest BCUT2D eigenvalue weighted by Gasteiger charge is 2.43. The molecular formula is C22H26N2O2. The van der Waals surface area contributed by atoms with Gasteiger partial charge in [0.25, 0.3) is 0 Å². The van der Waals surface area contributed by atoms with Gasteiger partial charge in [0.15, 0.2) is 5.78 Å². The summed E-state index contributed by atoms with van der Waals surface area (Å²) in [5, 5.41) is 9.34. The molecule has 0 radical (unpaired) electrons. The summed E-state index contributed by atoms with van der Waals surface area (Å²) in [4.78, 5) is 19.1. The van der Waals surface area contributed by atoms with Gasteiger partial charge in [0.2, 0.25) is 0 Å². The molecule has 2 heterocycles. The van der Waals surface area contributed by atoms with Gasteiger partial charge in [-0.3, -0.25) is 9.69 Å². The number of likely N-dealkylation sites (tertiary alicyclic amines) is 1. The quantitative estimate of drug-likeness (QED) is 0.838. The van der Waals surface area contributed by atoms with Crippen molar-refractivity contribution in [2.24, 2.45) is 17.8 Å². The van der Waals surface area contributed by atoms with E-state index in [0.717, 1.165) is 19.0 Å². The normalized spacial score (nSPS) is 26.6. The Labute approximate surface area is 154 Å². The summed E-state index contributed by atoms with van der Waals surface area (Å²) < 4.78 is 0. The molecule has 1 aromatic heterocycles. The number of aromatic nitrogens is 1. The molecule has 4 rings (SSSR count). The van der Waals surface area contributed by atoms with E-state index in [2.05, 4.69) is 40.2 Å². The molecular weight excluding hydrogens is 324 g/mol. The molecule has 4 heteroatoms. The largest absolute Gasteiger partial charge is 0.506 e. The van der Waals surface area contributed by atoms with Crippen molar-refractivity contribution in [1.29, 1.82) is 0 Å². The van der Waals surface area contributed by atoms with Crippen molar-refractivity contribution in [1.82, 2.24) is 9.88 Å². The SMILES string of the molecule is CC(C(=O)c1ccc(O)cn1)N1C[C@H]2CC(Cc3ccccc3)C[C@H]2C1. The lowest BCUT2D eigenvalue weighted by atomic mass is 9.96. The van der Waals surface area contributed by atoms with Gasteiger partial charge < -0.3 is 5.11 Å². The smallest absolute Gasteiger partial charge is 0.197 e. The van der Waals surface area contributed by atoms with Crippen molar-refractivity contribution in [3.05, 3.63) is 59.9 Å². The van der Waals surface area contributed by atoms with Crippen LogP contribution in [0.5, 0.6) is 5.75 Å². The lowest BCUT2D eigenvalue weighted by Crippen LogP contribution is -2.38. The third-order valence-corrected chi connectivity index (χ3v) is 6.17. The number of ketones is 1. The molecule has 1 N–H and O–H groups in total. The third-order valence-electron chi connectivity index (χ3n) is 6.17. The number of hydrogen-bond donors (Lipinski definition) is 1. The zero-order valence-corrected chi connectivity index (χ0v) is 15.2. The fourth-order valence-electron chi connectivity index (χ4n) is 4.80. The minimum Gasteiger partial charge on any atom is -0.506 e. The maximum absolute atomic E-state index is 12.7. The lowest BCUT2D eigenvalue weighted by molar-refractivity contribution is 0.0851. The summed E-state index contributed by atoms with van der Waals surface area (Å²) in [6.45, 7) is 4.02. The first-order valence-electron chi connectivity index (χ1n) is 9.57. The first kappa shape index (κ1) is 17.2. The topological polar surface area (TPSA) is 53.4 Å². The summed E-state index contributed by atoms with van der Waals surface area (Å²) >= 11 is 0. The Morgan fingerprint density at radius 2 is 1.85 bits per heavy atom. The molecule has 0 amide bonds. The summed E-state index contributed by atoms with van der Waals surface area (Å²) in [5.41, 5.74) is 1.88. The van der Waals surface area contributed by atoms with Gasteiger partial charge in [-0.05, 0) is 61.6 Å². The van der Waals surface area contributed by atoms with E-state index in [-0.39, 0.29) is 17.6 Å². The average molecular weight is 350 g/mol. The number of Topliss-reactive ketones (excluding diaryl/α,β-unsaturated/α-hetero) is 1. The van der Waals surface area contributed by atoms with Crippen LogP contribution in [0.15, 0.2) is 48.7 Å². The van der Waals surface area contributed by atoms with Crippen LogP contribution in [-0.4, -0.2) is 39.9 Å². The number of hydrogen-bond acceptors (Lipinski definition) is 4. The number of carbonyl (C=O) groups is 1. The Hall–Kier alpha value is -2.20. The first-order valence-corrected chi connectivity index (χ1v) is 9.57. The van der Waals surface area contributed by atoms with Crippen LogP contribution in [0.3, 0.4) is 0 Å². The molecule has 2 aromatic rings. The van der Waals surface area contributed by atoms with Crippen molar-refractivity contribution in [3.63, 3.8) is 0 Å². The molecule has 1 aromatic carbocycles. The predicted octanol–water partition coefficient (Wildman–Crippen LogP) is 3.56. The molecule has 1 aliphatic heterocycles. The third kappa shape index (κ3) is 3.51. The molecule has 2 aliphatic rings.